The fraction of sp³-hybridized carbons (Fsp3) is 0.467. The maximum Gasteiger partial charge on any atom is 0.0846 e. The number of hydrogen-bond acceptors (Lipinski definition) is 2. The number of nitriles is 1. The fourth-order valence-corrected chi connectivity index (χ4v) is 2.60. The zero-order valence-corrected chi connectivity index (χ0v) is 10.2. The zero-order chi connectivity index (χ0) is 12.1. The van der Waals surface area contributed by atoms with Crippen molar-refractivity contribution in [2.75, 3.05) is 19.6 Å². The predicted molar refractivity (Wildman–Crippen MR) is 69.4 cm³/mol. The Hall–Kier alpha value is -1.33. The molecular weight excluding hydrogens is 208 g/mol. The van der Waals surface area contributed by atoms with Gasteiger partial charge in [0, 0.05) is 0 Å². The lowest BCUT2D eigenvalue weighted by atomic mass is 9.74. The smallest absolute Gasteiger partial charge is 0.0846 e. The van der Waals surface area contributed by atoms with Crippen LogP contribution in [0.5, 0.6) is 0 Å². The van der Waals surface area contributed by atoms with Gasteiger partial charge < -0.3 is 4.90 Å². The van der Waals surface area contributed by atoms with E-state index in [1.807, 2.05) is 18.2 Å². The van der Waals surface area contributed by atoms with Crippen LogP contribution in [0.15, 0.2) is 30.3 Å². The molecule has 0 spiro atoms. The van der Waals surface area contributed by atoms with E-state index in [-0.39, 0.29) is 5.41 Å². The van der Waals surface area contributed by atoms with Crippen molar-refractivity contribution < 1.29 is 0 Å². The molecule has 0 aromatic heterocycles. The van der Waals surface area contributed by atoms with Crippen molar-refractivity contribution in [3.63, 3.8) is 0 Å². The SMILES string of the molecule is [CH2]CCN1CCC(C#N)(c2ccccc2)CC1. The number of rotatable bonds is 3. The van der Waals surface area contributed by atoms with Crippen LogP contribution in [-0.2, 0) is 5.41 Å². The van der Waals surface area contributed by atoms with Gasteiger partial charge in [-0.05, 0) is 44.5 Å². The van der Waals surface area contributed by atoms with Crippen molar-refractivity contribution in [2.24, 2.45) is 0 Å². The third-order valence-corrected chi connectivity index (χ3v) is 3.72. The molecule has 0 N–H and O–H groups in total. The lowest BCUT2D eigenvalue weighted by molar-refractivity contribution is 0.189. The molecule has 1 radical (unpaired) electrons. The highest BCUT2D eigenvalue weighted by molar-refractivity contribution is 5.33. The second-order valence-corrected chi connectivity index (χ2v) is 4.76. The molecule has 0 saturated carbocycles. The first-order valence-corrected chi connectivity index (χ1v) is 6.29. The maximum atomic E-state index is 9.53. The van der Waals surface area contributed by atoms with E-state index < -0.39 is 0 Å². The van der Waals surface area contributed by atoms with E-state index in [4.69, 9.17) is 0 Å². The van der Waals surface area contributed by atoms with Crippen LogP contribution in [0, 0.1) is 18.3 Å². The van der Waals surface area contributed by atoms with Crippen LogP contribution in [0.1, 0.15) is 24.8 Å². The molecular formula is C15H19N2. The first kappa shape index (κ1) is 12.1. The molecule has 1 aromatic carbocycles. The maximum absolute atomic E-state index is 9.53. The molecule has 2 nitrogen and oxygen atoms in total. The Morgan fingerprint density at radius 3 is 2.41 bits per heavy atom. The summed E-state index contributed by atoms with van der Waals surface area (Å²) in [5.41, 5.74) is 0.913. The molecule has 0 aliphatic carbocycles. The van der Waals surface area contributed by atoms with Crippen molar-refractivity contribution >= 4 is 0 Å². The van der Waals surface area contributed by atoms with Crippen LogP contribution >= 0.6 is 0 Å². The molecule has 1 saturated heterocycles. The molecule has 2 heteroatoms. The van der Waals surface area contributed by atoms with Gasteiger partial charge in [-0.2, -0.15) is 5.26 Å². The minimum Gasteiger partial charge on any atom is -0.303 e. The van der Waals surface area contributed by atoms with E-state index >= 15 is 0 Å². The molecule has 0 bridgehead atoms. The summed E-state index contributed by atoms with van der Waals surface area (Å²) in [6, 6.07) is 12.8. The zero-order valence-electron chi connectivity index (χ0n) is 10.2. The number of hydrogen-bond donors (Lipinski definition) is 0. The van der Waals surface area contributed by atoms with Gasteiger partial charge in [0.2, 0.25) is 0 Å². The first-order valence-electron chi connectivity index (χ1n) is 6.29. The molecule has 1 aliphatic heterocycles. The van der Waals surface area contributed by atoms with Gasteiger partial charge in [0.1, 0.15) is 0 Å². The van der Waals surface area contributed by atoms with Crippen molar-refractivity contribution in [3.8, 4) is 6.07 Å². The number of piperidine rings is 1. The average molecular weight is 227 g/mol. The Morgan fingerprint density at radius 1 is 1.24 bits per heavy atom. The predicted octanol–water partition coefficient (Wildman–Crippen LogP) is 2.77. The first-order chi connectivity index (χ1) is 8.30. The van der Waals surface area contributed by atoms with Crippen molar-refractivity contribution in [1.82, 2.24) is 4.90 Å². The Kier molecular flexibility index (Phi) is 3.81. The minimum absolute atomic E-state index is 0.265. The van der Waals surface area contributed by atoms with Crippen LogP contribution in [-0.4, -0.2) is 24.5 Å². The molecule has 2 rings (SSSR count). The van der Waals surface area contributed by atoms with Crippen molar-refractivity contribution in [2.45, 2.75) is 24.7 Å². The Balaban J connectivity index is 2.12. The fourth-order valence-electron chi connectivity index (χ4n) is 2.60. The highest BCUT2D eigenvalue weighted by Crippen LogP contribution is 2.34. The normalized spacial score (nSPS) is 19.8. The van der Waals surface area contributed by atoms with Crippen molar-refractivity contribution in [1.29, 1.82) is 5.26 Å². The molecule has 1 aromatic rings. The van der Waals surface area contributed by atoms with E-state index in [1.165, 1.54) is 5.56 Å². The summed E-state index contributed by atoms with van der Waals surface area (Å²) in [4.78, 5) is 2.41. The van der Waals surface area contributed by atoms with Crippen LogP contribution in [0.2, 0.25) is 0 Å². The molecule has 0 unspecified atom stereocenters. The second-order valence-electron chi connectivity index (χ2n) is 4.76. The number of benzene rings is 1. The molecule has 1 heterocycles. The summed E-state index contributed by atoms with van der Waals surface area (Å²) in [7, 11) is 0. The molecule has 89 valence electrons. The van der Waals surface area contributed by atoms with Gasteiger partial charge in [-0.3, -0.25) is 0 Å². The summed E-state index contributed by atoms with van der Waals surface area (Å²) in [5, 5.41) is 9.53. The average Bonchev–Trinajstić information content (AvgIpc) is 2.41. The van der Waals surface area contributed by atoms with E-state index in [2.05, 4.69) is 30.0 Å². The van der Waals surface area contributed by atoms with E-state index in [1.54, 1.807) is 0 Å². The Bertz CT molecular complexity index is 383. The van der Waals surface area contributed by atoms with Crippen LogP contribution < -0.4 is 0 Å². The molecule has 1 fully saturated rings. The lowest BCUT2D eigenvalue weighted by Crippen LogP contribution is -2.42. The molecule has 0 atom stereocenters. The largest absolute Gasteiger partial charge is 0.303 e. The Morgan fingerprint density at radius 2 is 1.88 bits per heavy atom. The van der Waals surface area contributed by atoms with E-state index in [0.717, 1.165) is 38.9 Å². The quantitative estimate of drug-likeness (QED) is 0.794. The number of likely N-dealkylation sites (tertiary alicyclic amines) is 1. The standard InChI is InChI=1S/C15H19N2/c1-2-10-17-11-8-15(13-16,9-12-17)14-6-4-3-5-7-14/h3-7H,1-2,8-12H2. The summed E-state index contributed by atoms with van der Waals surface area (Å²) in [6.07, 6.45) is 2.83. The van der Waals surface area contributed by atoms with Gasteiger partial charge in [0.15, 0.2) is 0 Å². The Labute approximate surface area is 104 Å². The van der Waals surface area contributed by atoms with Gasteiger partial charge >= 0.3 is 0 Å². The number of nitrogens with zero attached hydrogens (tertiary/aromatic N) is 2. The van der Waals surface area contributed by atoms with Gasteiger partial charge in [0.25, 0.3) is 0 Å². The third kappa shape index (κ3) is 2.50. The summed E-state index contributed by atoms with van der Waals surface area (Å²) >= 11 is 0. The summed E-state index contributed by atoms with van der Waals surface area (Å²) in [5.74, 6) is 0. The van der Waals surface area contributed by atoms with Crippen LogP contribution in [0.25, 0.3) is 0 Å². The van der Waals surface area contributed by atoms with Crippen molar-refractivity contribution in [3.05, 3.63) is 42.8 Å². The molecule has 0 amide bonds. The van der Waals surface area contributed by atoms with E-state index in [0.29, 0.717) is 0 Å². The van der Waals surface area contributed by atoms with Crippen LogP contribution in [0.3, 0.4) is 0 Å². The third-order valence-electron chi connectivity index (χ3n) is 3.72. The minimum atomic E-state index is -0.265. The van der Waals surface area contributed by atoms with Gasteiger partial charge in [-0.15, -0.1) is 0 Å². The second kappa shape index (κ2) is 5.33. The molecule has 17 heavy (non-hydrogen) atoms. The lowest BCUT2D eigenvalue weighted by Gasteiger charge is -2.37. The van der Waals surface area contributed by atoms with E-state index in [9.17, 15) is 5.26 Å². The highest BCUT2D eigenvalue weighted by Gasteiger charge is 2.35. The highest BCUT2D eigenvalue weighted by atomic mass is 15.1. The van der Waals surface area contributed by atoms with Gasteiger partial charge in [-0.25, -0.2) is 0 Å². The monoisotopic (exact) mass is 227 g/mol. The van der Waals surface area contributed by atoms with Gasteiger partial charge in [0.05, 0.1) is 11.5 Å². The van der Waals surface area contributed by atoms with Crippen LogP contribution in [0.4, 0.5) is 0 Å². The molecule has 1 aliphatic rings. The van der Waals surface area contributed by atoms with Gasteiger partial charge in [-0.1, -0.05) is 37.3 Å². The summed E-state index contributed by atoms with van der Waals surface area (Å²) in [6.45, 7) is 6.96. The topological polar surface area (TPSA) is 27.0 Å². The summed E-state index contributed by atoms with van der Waals surface area (Å²) < 4.78 is 0.